The molecule has 1 saturated carbocycles. The molecule has 1 aliphatic carbocycles. The minimum Gasteiger partial charge on any atom is -0.451 e. The molecule has 0 aliphatic heterocycles. The van der Waals surface area contributed by atoms with Gasteiger partial charge in [0.15, 0.2) is 10.1 Å². The van der Waals surface area contributed by atoms with Gasteiger partial charge in [0, 0.05) is 17.0 Å². The Bertz CT molecular complexity index is 1210. The van der Waals surface area contributed by atoms with Crippen LogP contribution in [0.25, 0.3) is 22.2 Å². The molecule has 2 heterocycles. The molecule has 8 heteroatoms. The number of anilines is 1. The Morgan fingerprint density at radius 2 is 1.87 bits per heavy atom. The second kappa shape index (κ2) is 8.56. The standard InChI is InChI=1S/C23H19N3O3S2/c27-19(24-16-10-11-16)13-30-23-25-20(14-6-2-1-3-7-14)22(31-23)26-21(28)18-12-15-8-4-5-9-17(15)29-18/h1-9,12,16H,10-11,13H2,(H,24,27)(H,26,28). The predicted octanol–water partition coefficient (Wildman–Crippen LogP) is 5.18. The van der Waals surface area contributed by atoms with Crippen LogP contribution in [0.1, 0.15) is 23.4 Å². The highest BCUT2D eigenvalue weighted by Gasteiger charge is 2.24. The van der Waals surface area contributed by atoms with Gasteiger partial charge in [-0.15, -0.1) is 0 Å². The summed E-state index contributed by atoms with van der Waals surface area (Å²) < 4.78 is 6.42. The van der Waals surface area contributed by atoms with Gasteiger partial charge in [0.25, 0.3) is 5.91 Å². The topological polar surface area (TPSA) is 84.2 Å². The van der Waals surface area contributed by atoms with Gasteiger partial charge in [-0.2, -0.15) is 0 Å². The van der Waals surface area contributed by atoms with Crippen LogP contribution in [0.4, 0.5) is 5.00 Å². The summed E-state index contributed by atoms with van der Waals surface area (Å²) >= 11 is 2.73. The summed E-state index contributed by atoms with van der Waals surface area (Å²) in [5.41, 5.74) is 2.24. The summed E-state index contributed by atoms with van der Waals surface area (Å²) in [6, 6.07) is 19.2. The van der Waals surface area contributed by atoms with Crippen LogP contribution < -0.4 is 10.6 Å². The number of hydrogen-bond donors (Lipinski definition) is 2. The van der Waals surface area contributed by atoms with Crippen molar-refractivity contribution in [1.82, 2.24) is 10.3 Å². The van der Waals surface area contributed by atoms with Crippen LogP contribution >= 0.6 is 23.1 Å². The molecule has 2 aromatic carbocycles. The highest BCUT2D eigenvalue weighted by atomic mass is 32.2. The number of hydrogen-bond acceptors (Lipinski definition) is 6. The molecule has 0 atom stereocenters. The van der Waals surface area contributed by atoms with Gasteiger partial charge < -0.3 is 15.1 Å². The van der Waals surface area contributed by atoms with Crippen molar-refractivity contribution in [3.05, 3.63) is 66.4 Å². The molecule has 2 amide bonds. The number of thioether (sulfide) groups is 1. The van der Waals surface area contributed by atoms with E-state index in [1.54, 1.807) is 6.07 Å². The molecule has 1 aliphatic rings. The van der Waals surface area contributed by atoms with E-state index in [2.05, 4.69) is 10.6 Å². The van der Waals surface area contributed by atoms with Crippen LogP contribution in [0.2, 0.25) is 0 Å². The second-order valence-corrected chi connectivity index (χ2v) is 9.48. The molecular formula is C23H19N3O3S2. The Hall–Kier alpha value is -3.10. The van der Waals surface area contributed by atoms with Crippen LogP contribution in [0.3, 0.4) is 0 Å². The quantitative estimate of drug-likeness (QED) is 0.380. The van der Waals surface area contributed by atoms with Gasteiger partial charge in [0.2, 0.25) is 5.91 Å². The van der Waals surface area contributed by atoms with Gasteiger partial charge in [0.1, 0.15) is 16.3 Å². The highest BCUT2D eigenvalue weighted by Crippen LogP contribution is 2.38. The predicted molar refractivity (Wildman–Crippen MR) is 124 cm³/mol. The molecule has 2 N–H and O–H groups in total. The van der Waals surface area contributed by atoms with Crippen LogP contribution in [-0.4, -0.2) is 28.6 Å². The maximum atomic E-state index is 12.9. The number of carbonyl (C=O) groups is 2. The molecule has 0 unspecified atom stereocenters. The van der Waals surface area contributed by atoms with E-state index in [0.717, 1.165) is 28.1 Å². The molecule has 0 radical (unpaired) electrons. The van der Waals surface area contributed by atoms with Crippen LogP contribution in [0, 0.1) is 0 Å². The van der Waals surface area contributed by atoms with E-state index >= 15 is 0 Å². The first-order valence-electron chi connectivity index (χ1n) is 9.94. The number of thiazole rings is 1. The minimum atomic E-state index is -0.333. The van der Waals surface area contributed by atoms with Crippen molar-refractivity contribution in [3.63, 3.8) is 0 Å². The Morgan fingerprint density at radius 3 is 2.65 bits per heavy atom. The summed E-state index contributed by atoms with van der Waals surface area (Å²) in [6.07, 6.45) is 2.12. The summed E-state index contributed by atoms with van der Waals surface area (Å²) in [6.45, 7) is 0. The summed E-state index contributed by atoms with van der Waals surface area (Å²) in [7, 11) is 0. The molecule has 0 bridgehead atoms. The number of para-hydroxylation sites is 1. The fraction of sp³-hybridized carbons (Fsp3) is 0.174. The van der Waals surface area contributed by atoms with E-state index in [0.29, 0.717) is 28.1 Å². The monoisotopic (exact) mass is 449 g/mol. The summed E-state index contributed by atoms with van der Waals surface area (Å²) in [5.74, 6) is 0.221. The number of carbonyl (C=O) groups excluding carboxylic acids is 2. The average Bonchev–Trinajstić information content (AvgIpc) is 3.34. The Kier molecular flexibility index (Phi) is 5.48. The van der Waals surface area contributed by atoms with Gasteiger partial charge in [-0.25, -0.2) is 4.98 Å². The van der Waals surface area contributed by atoms with E-state index in [-0.39, 0.29) is 17.6 Å². The van der Waals surface area contributed by atoms with Crippen molar-refractivity contribution in [3.8, 4) is 11.3 Å². The van der Waals surface area contributed by atoms with Crippen LogP contribution in [0.5, 0.6) is 0 Å². The zero-order chi connectivity index (χ0) is 21.2. The molecule has 156 valence electrons. The van der Waals surface area contributed by atoms with Crippen molar-refractivity contribution in [2.24, 2.45) is 0 Å². The van der Waals surface area contributed by atoms with E-state index in [1.807, 2.05) is 54.6 Å². The maximum absolute atomic E-state index is 12.9. The smallest absolute Gasteiger partial charge is 0.292 e. The van der Waals surface area contributed by atoms with Gasteiger partial charge in [0.05, 0.1) is 5.75 Å². The molecule has 31 heavy (non-hydrogen) atoms. The Balaban J connectivity index is 1.38. The molecule has 0 saturated heterocycles. The third-order valence-corrected chi connectivity index (χ3v) is 6.91. The number of furan rings is 1. The average molecular weight is 450 g/mol. The van der Waals surface area contributed by atoms with E-state index in [4.69, 9.17) is 9.40 Å². The number of rotatable bonds is 7. The molecule has 5 rings (SSSR count). The first kappa shape index (κ1) is 19.8. The number of amides is 2. The van der Waals surface area contributed by atoms with E-state index < -0.39 is 0 Å². The van der Waals surface area contributed by atoms with Gasteiger partial charge in [-0.05, 0) is 25.0 Å². The number of nitrogens with zero attached hydrogens (tertiary/aromatic N) is 1. The fourth-order valence-corrected chi connectivity index (χ4v) is 4.99. The first-order valence-corrected chi connectivity index (χ1v) is 11.7. The van der Waals surface area contributed by atoms with Crippen LogP contribution in [-0.2, 0) is 4.79 Å². The second-order valence-electron chi connectivity index (χ2n) is 7.26. The molecule has 2 aromatic heterocycles. The van der Waals surface area contributed by atoms with E-state index in [1.165, 1.54) is 23.1 Å². The lowest BCUT2D eigenvalue weighted by Crippen LogP contribution is -2.26. The lowest BCUT2D eigenvalue weighted by atomic mass is 10.2. The molecule has 6 nitrogen and oxygen atoms in total. The number of benzene rings is 2. The largest absolute Gasteiger partial charge is 0.451 e. The van der Waals surface area contributed by atoms with E-state index in [9.17, 15) is 9.59 Å². The lowest BCUT2D eigenvalue weighted by molar-refractivity contribution is -0.118. The third-order valence-electron chi connectivity index (χ3n) is 4.80. The maximum Gasteiger partial charge on any atom is 0.292 e. The fourth-order valence-electron chi connectivity index (χ4n) is 3.12. The molecule has 1 fully saturated rings. The minimum absolute atomic E-state index is 0.0109. The Labute approximate surface area is 187 Å². The van der Waals surface area contributed by atoms with Gasteiger partial charge >= 0.3 is 0 Å². The van der Waals surface area contributed by atoms with Crippen LogP contribution in [0.15, 0.2) is 69.4 Å². The zero-order valence-corrected chi connectivity index (χ0v) is 18.1. The number of nitrogens with one attached hydrogen (secondary N) is 2. The van der Waals surface area contributed by atoms with Crippen molar-refractivity contribution >= 4 is 50.9 Å². The van der Waals surface area contributed by atoms with Crippen molar-refractivity contribution in [2.45, 2.75) is 23.2 Å². The van der Waals surface area contributed by atoms with Crippen molar-refractivity contribution in [1.29, 1.82) is 0 Å². The SMILES string of the molecule is O=C(CSc1nc(-c2ccccc2)c(NC(=O)c2cc3ccccc3o2)s1)NC1CC1. The number of aromatic nitrogens is 1. The van der Waals surface area contributed by atoms with Crippen molar-refractivity contribution < 1.29 is 14.0 Å². The first-order chi connectivity index (χ1) is 15.2. The Morgan fingerprint density at radius 1 is 1.10 bits per heavy atom. The molecule has 0 spiro atoms. The van der Waals surface area contributed by atoms with Gasteiger partial charge in [-0.3, -0.25) is 9.59 Å². The normalized spacial score (nSPS) is 13.3. The van der Waals surface area contributed by atoms with Gasteiger partial charge in [-0.1, -0.05) is 71.6 Å². The molecular weight excluding hydrogens is 430 g/mol. The van der Waals surface area contributed by atoms with Crippen molar-refractivity contribution in [2.75, 3.05) is 11.1 Å². The lowest BCUT2D eigenvalue weighted by Gasteiger charge is -2.03. The number of fused-ring (bicyclic) bond motifs is 1. The highest BCUT2D eigenvalue weighted by molar-refractivity contribution is 8.01. The molecule has 4 aromatic rings. The summed E-state index contributed by atoms with van der Waals surface area (Å²) in [5, 5.41) is 7.42. The third kappa shape index (κ3) is 4.65. The zero-order valence-electron chi connectivity index (χ0n) is 16.5. The summed E-state index contributed by atoms with van der Waals surface area (Å²) in [4.78, 5) is 29.6.